The van der Waals surface area contributed by atoms with Crippen molar-refractivity contribution < 1.29 is 15.0 Å². The lowest BCUT2D eigenvalue weighted by Gasteiger charge is -2.01. The van der Waals surface area contributed by atoms with Crippen LogP contribution < -0.4 is 5.32 Å². The van der Waals surface area contributed by atoms with Gasteiger partial charge < -0.3 is 15.5 Å². The van der Waals surface area contributed by atoms with Crippen molar-refractivity contribution in [3.63, 3.8) is 0 Å². The van der Waals surface area contributed by atoms with Crippen LogP contribution in [-0.4, -0.2) is 21.6 Å². The number of nitrogens with zero attached hydrogens (tertiary/aromatic N) is 1. The number of phenolic OH excluding ortho intramolecular Hbond substituents is 2. The Morgan fingerprint density at radius 3 is 2.88 bits per heavy atom. The lowest BCUT2D eigenvalue weighted by molar-refractivity contribution is -0.105. The second kappa shape index (κ2) is 4.19. The summed E-state index contributed by atoms with van der Waals surface area (Å²) in [6, 6.07) is 4.26. The molecule has 1 heterocycles. The first-order valence-corrected chi connectivity index (χ1v) is 5.26. The number of rotatable bonds is 3. The van der Waals surface area contributed by atoms with Crippen molar-refractivity contribution in [1.82, 2.24) is 4.98 Å². The van der Waals surface area contributed by atoms with Crippen molar-refractivity contribution in [3.8, 4) is 22.8 Å². The molecule has 0 saturated heterocycles. The van der Waals surface area contributed by atoms with E-state index >= 15 is 0 Å². The number of amides is 1. The highest BCUT2D eigenvalue weighted by molar-refractivity contribution is 7.14. The number of hydrogen-bond acceptors (Lipinski definition) is 5. The molecule has 0 spiro atoms. The van der Waals surface area contributed by atoms with Crippen molar-refractivity contribution in [3.05, 3.63) is 23.6 Å². The Balaban J connectivity index is 2.38. The van der Waals surface area contributed by atoms with E-state index in [4.69, 9.17) is 5.11 Å². The van der Waals surface area contributed by atoms with Crippen molar-refractivity contribution in [2.75, 3.05) is 5.32 Å². The molecule has 2 aromatic rings. The van der Waals surface area contributed by atoms with Crippen LogP contribution in [0.5, 0.6) is 11.5 Å². The molecular weight excluding hydrogens is 228 g/mol. The van der Waals surface area contributed by atoms with E-state index in [2.05, 4.69) is 10.3 Å². The minimum absolute atomic E-state index is 0.0114. The van der Waals surface area contributed by atoms with Gasteiger partial charge in [0, 0.05) is 17.0 Å². The van der Waals surface area contributed by atoms with Gasteiger partial charge in [-0.3, -0.25) is 4.79 Å². The summed E-state index contributed by atoms with van der Waals surface area (Å²) in [6.45, 7) is 0. The number of hydrogen-bond donors (Lipinski definition) is 3. The van der Waals surface area contributed by atoms with Crippen molar-refractivity contribution in [2.24, 2.45) is 0 Å². The van der Waals surface area contributed by atoms with E-state index in [0.717, 1.165) is 0 Å². The summed E-state index contributed by atoms with van der Waals surface area (Å²) >= 11 is 1.25. The second-order valence-electron chi connectivity index (χ2n) is 3.00. The van der Waals surface area contributed by atoms with Crippen molar-refractivity contribution in [2.45, 2.75) is 0 Å². The van der Waals surface area contributed by atoms with E-state index in [9.17, 15) is 9.90 Å². The van der Waals surface area contributed by atoms with E-state index in [0.29, 0.717) is 22.8 Å². The third kappa shape index (κ3) is 1.96. The Hall–Kier alpha value is -2.08. The normalized spacial score (nSPS) is 10.0. The fourth-order valence-corrected chi connectivity index (χ4v) is 1.92. The van der Waals surface area contributed by atoms with Crippen molar-refractivity contribution in [1.29, 1.82) is 0 Å². The molecule has 3 N–H and O–H groups in total. The van der Waals surface area contributed by atoms with Gasteiger partial charge in [-0.2, -0.15) is 0 Å². The maximum atomic E-state index is 10.2. The largest absolute Gasteiger partial charge is 0.508 e. The number of anilines is 1. The summed E-state index contributed by atoms with van der Waals surface area (Å²) in [5.74, 6) is -0.0642. The highest BCUT2D eigenvalue weighted by Crippen LogP contribution is 2.33. The van der Waals surface area contributed by atoms with Gasteiger partial charge >= 0.3 is 0 Å². The lowest BCUT2D eigenvalue weighted by atomic mass is 10.1. The molecule has 0 aliphatic carbocycles. The zero-order valence-corrected chi connectivity index (χ0v) is 8.86. The van der Waals surface area contributed by atoms with Gasteiger partial charge in [0.05, 0.1) is 5.69 Å². The Kier molecular flexibility index (Phi) is 2.74. The number of nitrogens with one attached hydrogen (secondary N) is 1. The summed E-state index contributed by atoms with van der Waals surface area (Å²) in [6.07, 6.45) is 0.541. The zero-order chi connectivity index (χ0) is 11.5. The van der Waals surface area contributed by atoms with E-state index in [1.807, 2.05) is 0 Å². The number of phenols is 2. The van der Waals surface area contributed by atoms with Gasteiger partial charge in [0.1, 0.15) is 11.5 Å². The van der Waals surface area contributed by atoms with E-state index in [-0.39, 0.29) is 11.5 Å². The minimum atomic E-state index is -0.0528. The van der Waals surface area contributed by atoms with Crippen LogP contribution in [0.15, 0.2) is 23.6 Å². The number of carbonyl (C=O) groups is 1. The van der Waals surface area contributed by atoms with E-state index < -0.39 is 0 Å². The van der Waals surface area contributed by atoms with Crippen molar-refractivity contribution >= 4 is 22.9 Å². The molecule has 5 nitrogen and oxygen atoms in total. The fraction of sp³-hybridized carbons (Fsp3) is 0. The molecule has 0 unspecified atom stereocenters. The Bertz CT molecular complexity index is 525. The molecule has 0 saturated carbocycles. The highest BCUT2D eigenvalue weighted by Gasteiger charge is 2.09. The average Bonchev–Trinajstić information content (AvgIpc) is 2.67. The maximum Gasteiger partial charge on any atom is 0.213 e. The van der Waals surface area contributed by atoms with Gasteiger partial charge in [0.2, 0.25) is 6.41 Å². The molecule has 0 bridgehead atoms. The SMILES string of the molecule is O=CNc1nc(-c2ccc(O)cc2O)cs1. The molecule has 0 aliphatic rings. The number of thiazole rings is 1. The first-order chi connectivity index (χ1) is 7.70. The van der Waals surface area contributed by atoms with Gasteiger partial charge in [-0.05, 0) is 12.1 Å². The molecule has 0 radical (unpaired) electrons. The fourth-order valence-electron chi connectivity index (χ4n) is 1.25. The molecule has 2 rings (SSSR count). The summed E-state index contributed by atoms with van der Waals surface area (Å²) in [5, 5.41) is 23.3. The maximum absolute atomic E-state index is 10.2. The number of carbonyl (C=O) groups excluding carboxylic acids is 1. The number of aromatic nitrogens is 1. The molecule has 0 atom stereocenters. The summed E-state index contributed by atoms with van der Waals surface area (Å²) in [7, 11) is 0. The van der Waals surface area contributed by atoms with Crippen LogP contribution in [-0.2, 0) is 4.79 Å². The van der Waals surface area contributed by atoms with E-state index in [1.54, 1.807) is 11.4 Å². The third-order valence-electron chi connectivity index (χ3n) is 1.94. The Morgan fingerprint density at radius 1 is 1.38 bits per heavy atom. The summed E-state index contributed by atoms with van der Waals surface area (Å²) in [4.78, 5) is 14.3. The molecule has 16 heavy (non-hydrogen) atoms. The standard InChI is InChI=1S/C10H8N2O3S/c13-5-11-10-12-8(4-16-10)7-2-1-6(14)3-9(7)15/h1-5,14-15H,(H,11,12,13). The molecule has 1 aromatic heterocycles. The topological polar surface area (TPSA) is 82.5 Å². The van der Waals surface area contributed by atoms with Crippen LogP contribution in [0.2, 0.25) is 0 Å². The first kappa shape index (κ1) is 10.4. The van der Waals surface area contributed by atoms with E-state index in [1.165, 1.54) is 23.5 Å². The molecule has 1 amide bonds. The van der Waals surface area contributed by atoms with Crippen LogP contribution in [0.3, 0.4) is 0 Å². The predicted molar refractivity (Wildman–Crippen MR) is 60.6 cm³/mol. The molecule has 82 valence electrons. The molecule has 0 aliphatic heterocycles. The zero-order valence-electron chi connectivity index (χ0n) is 8.04. The molecule has 6 heteroatoms. The lowest BCUT2D eigenvalue weighted by Crippen LogP contribution is -1.92. The van der Waals surface area contributed by atoms with Gasteiger partial charge in [0.25, 0.3) is 0 Å². The molecule has 0 fully saturated rings. The van der Waals surface area contributed by atoms with Gasteiger partial charge in [-0.15, -0.1) is 11.3 Å². The number of benzene rings is 1. The Morgan fingerprint density at radius 2 is 2.19 bits per heavy atom. The van der Waals surface area contributed by atoms with Crippen LogP contribution in [0.4, 0.5) is 5.13 Å². The Labute approximate surface area is 95.0 Å². The number of aromatic hydroxyl groups is 2. The monoisotopic (exact) mass is 236 g/mol. The van der Waals surface area contributed by atoms with Gasteiger partial charge in [-0.1, -0.05) is 0 Å². The van der Waals surface area contributed by atoms with Crippen LogP contribution in [0, 0.1) is 0 Å². The first-order valence-electron chi connectivity index (χ1n) is 4.39. The quantitative estimate of drug-likeness (QED) is 0.709. The van der Waals surface area contributed by atoms with Crippen LogP contribution in [0.1, 0.15) is 0 Å². The highest BCUT2D eigenvalue weighted by atomic mass is 32.1. The smallest absolute Gasteiger partial charge is 0.213 e. The molecule has 1 aromatic carbocycles. The molecular formula is C10H8N2O3S. The van der Waals surface area contributed by atoms with Gasteiger partial charge in [-0.25, -0.2) is 4.98 Å². The predicted octanol–water partition coefficient (Wildman–Crippen LogP) is 1.79. The van der Waals surface area contributed by atoms with Crippen LogP contribution in [0.25, 0.3) is 11.3 Å². The minimum Gasteiger partial charge on any atom is -0.508 e. The van der Waals surface area contributed by atoms with Gasteiger partial charge in [0.15, 0.2) is 5.13 Å². The summed E-state index contributed by atoms with van der Waals surface area (Å²) in [5.41, 5.74) is 1.06. The summed E-state index contributed by atoms with van der Waals surface area (Å²) < 4.78 is 0. The second-order valence-corrected chi connectivity index (χ2v) is 3.86. The average molecular weight is 236 g/mol. The third-order valence-corrected chi connectivity index (χ3v) is 2.72. The van der Waals surface area contributed by atoms with Crippen LogP contribution >= 0.6 is 11.3 Å².